The molecule has 0 amide bonds. The van der Waals surface area contributed by atoms with E-state index in [4.69, 9.17) is 14.2 Å². The van der Waals surface area contributed by atoms with Crippen molar-refractivity contribution in [2.75, 3.05) is 13.7 Å². The summed E-state index contributed by atoms with van der Waals surface area (Å²) < 4.78 is 18.2. The summed E-state index contributed by atoms with van der Waals surface area (Å²) in [5, 5.41) is 0. The van der Waals surface area contributed by atoms with Crippen LogP contribution in [-0.2, 0) is 14.3 Å². The number of rotatable bonds is 5. The molecule has 2 atom stereocenters. The molecule has 38 heavy (non-hydrogen) atoms. The van der Waals surface area contributed by atoms with Gasteiger partial charge >= 0.3 is 11.9 Å². The Morgan fingerprint density at radius 3 is 2.58 bits per heavy atom. The third-order valence-corrected chi connectivity index (χ3v) is 7.46. The number of esters is 2. The summed E-state index contributed by atoms with van der Waals surface area (Å²) in [4.78, 5) is 43.9. The van der Waals surface area contributed by atoms with Crippen LogP contribution < -0.4 is 19.6 Å². The van der Waals surface area contributed by atoms with Gasteiger partial charge in [-0.3, -0.25) is 9.36 Å². The highest BCUT2D eigenvalue weighted by Gasteiger charge is 2.33. The topological polar surface area (TPSA) is 96.2 Å². The molecule has 0 bridgehead atoms. The van der Waals surface area contributed by atoms with E-state index in [9.17, 15) is 14.4 Å². The van der Waals surface area contributed by atoms with Crippen molar-refractivity contribution in [1.29, 1.82) is 0 Å². The Morgan fingerprint density at radius 1 is 1.13 bits per heavy atom. The smallest absolute Gasteiger partial charge is 0.338 e. The zero-order valence-electron chi connectivity index (χ0n) is 21.4. The maximum absolute atomic E-state index is 13.8. The van der Waals surface area contributed by atoms with Crippen LogP contribution in [-0.4, -0.2) is 36.3 Å². The Hall–Kier alpha value is -4.24. The molecule has 194 valence electrons. The van der Waals surface area contributed by atoms with Crippen LogP contribution in [0.15, 0.2) is 75.2 Å². The van der Waals surface area contributed by atoms with Gasteiger partial charge in [0.15, 0.2) is 4.80 Å². The first-order chi connectivity index (χ1) is 18.3. The van der Waals surface area contributed by atoms with Gasteiger partial charge in [-0.2, -0.15) is 0 Å². The molecular formula is C29H26N2O6S. The van der Waals surface area contributed by atoms with Gasteiger partial charge in [-0.05, 0) is 62.3 Å². The Labute approximate surface area is 222 Å². The number of methoxy groups -OCH3 is 1. The number of nitrogens with zero attached hydrogens (tertiary/aromatic N) is 2. The monoisotopic (exact) mass is 530 g/mol. The third-order valence-electron chi connectivity index (χ3n) is 6.48. The van der Waals surface area contributed by atoms with E-state index >= 15 is 0 Å². The van der Waals surface area contributed by atoms with E-state index in [0.717, 1.165) is 16.9 Å². The number of para-hydroxylation sites is 1. The second-order valence-corrected chi connectivity index (χ2v) is 9.87. The molecule has 2 aliphatic rings. The van der Waals surface area contributed by atoms with Gasteiger partial charge in [-0.25, -0.2) is 14.6 Å². The summed E-state index contributed by atoms with van der Waals surface area (Å²) >= 11 is 1.25. The second-order valence-electron chi connectivity index (χ2n) is 8.86. The number of aromatic nitrogens is 1. The normalized spacial score (nSPS) is 18.5. The van der Waals surface area contributed by atoms with Crippen LogP contribution in [0.5, 0.6) is 5.75 Å². The molecule has 0 N–H and O–H groups in total. The predicted molar refractivity (Wildman–Crippen MR) is 144 cm³/mol. The molecule has 0 spiro atoms. The third kappa shape index (κ3) is 4.50. The van der Waals surface area contributed by atoms with Crippen LogP contribution in [0.4, 0.5) is 0 Å². The maximum atomic E-state index is 13.8. The van der Waals surface area contributed by atoms with E-state index in [1.54, 1.807) is 38.1 Å². The molecule has 0 radical (unpaired) electrons. The summed E-state index contributed by atoms with van der Waals surface area (Å²) in [5.74, 6) is -0.223. The number of fused-ring (bicyclic) bond motifs is 2. The lowest BCUT2D eigenvalue weighted by atomic mass is 9.95. The highest BCUT2D eigenvalue weighted by molar-refractivity contribution is 7.07. The van der Waals surface area contributed by atoms with Gasteiger partial charge < -0.3 is 14.2 Å². The lowest BCUT2D eigenvalue weighted by Gasteiger charge is -2.24. The van der Waals surface area contributed by atoms with Gasteiger partial charge in [0.25, 0.3) is 5.56 Å². The van der Waals surface area contributed by atoms with Gasteiger partial charge in [-0.15, -0.1) is 0 Å². The molecule has 1 aromatic heterocycles. The lowest BCUT2D eigenvalue weighted by Crippen LogP contribution is -2.40. The quantitative estimate of drug-likeness (QED) is 0.469. The van der Waals surface area contributed by atoms with E-state index in [0.29, 0.717) is 26.2 Å². The van der Waals surface area contributed by atoms with E-state index in [2.05, 4.69) is 4.99 Å². The van der Waals surface area contributed by atoms with E-state index in [1.807, 2.05) is 43.3 Å². The summed E-state index contributed by atoms with van der Waals surface area (Å²) in [6, 6.07) is 13.6. The van der Waals surface area contributed by atoms with Crippen LogP contribution in [0.2, 0.25) is 0 Å². The molecule has 0 aliphatic carbocycles. The lowest BCUT2D eigenvalue weighted by molar-refractivity contribution is -0.139. The number of thiazole rings is 1. The highest BCUT2D eigenvalue weighted by atomic mass is 32.1. The molecule has 3 aromatic rings. The van der Waals surface area contributed by atoms with Crippen LogP contribution in [0, 0.1) is 0 Å². The minimum absolute atomic E-state index is 0.182. The first-order valence-corrected chi connectivity index (χ1v) is 13.0. The molecule has 0 fully saturated rings. The minimum atomic E-state index is -0.770. The molecule has 0 saturated heterocycles. The molecule has 8 nitrogen and oxygen atoms in total. The average molecular weight is 531 g/mol. The van der Waals surface area contributed by atoms with Crippen molar-refractivity contribution < 1.29 is 23.8 Å². The van der Waals surface area contributed by atoms with Crippen LogP contribution >= 0.6 is 11.3 Å². The van der Waals surface area contributed by atoms with Gasteiger partial charge in [0.05, 0.1) is 41.1 Å². The molecular weight excluding hydrogens is 504 g/mol. The molecule has 3 heterocycles. The van der Waals surface area contributed by atoms with Gasteiger partial charge in [0, 0.05) is 5.56 Å². The van der Waals surface area contributed by atoms with Gasteiger partial charge in [0.2, 0.25) is 0 Å². The van der Waals surface area contributed by atoms with Crippen LogP contribution in [0.25, 0.3) is 12.2 Å². The minimum Gasteiger partial charge on any atom is -0.485 e. The zero-order chi connectivity index (χ0) is 27.0. The predicted octanol–water partition coefficient (Wildman–Crippen LogP) is 3.40. The largest absolute Gasteiger partial charge is 0.485 e. The van der Waals surface area contributed by atoms with Crippen LogP contribution in [0.3, 0.4) is 0 Å². The summed E-state index contributed by atoms with van der Waals surface area (Å²) in [6.07, 6.45) is 3.59. The number of benzene rings is 2. The number of carbonyl (C=O) groups excluding carboxylic acids is 2. The number of ether oxygens (including phenoxy) is 3. The summed E-state index contributed by atoms with van der Waals surface area (Å²) in [6.45, 7) is 5.57. The van der Waals surface area contributed by atoms with Crippen molar-refractivity contribution in [2.24, 2.45) is 4.99 Å². The number of hydrogen-bond acceptors (Lipinski definition) is 8. The van der Waals surface area contributed by atoms with Crippen molar-refractivity contribution in [3.05, 3.63) is 102 Å². The highest BCUT2D eigenvalue weighted by Crippen LogP contribution is 2.32. The average Bonchev–Trinajstić information content (AvgIpc) is 3.22. The molecule has 0 saturated carbocycles. The molecule has 2 aromatic carbocycles. The molecule has 9 heteroatoms. The maximum Gasteiger partial charge on any atom is 0.338 e. The Morgan fingerprint density at radius 2 is 1.87 bits per heavy atom. The van der Waals surface area contributed by atoms with Crippen molar-refractivity contribution in [1.82, 2.24) is 4.57 Å². The van der Waals surface area contributed by atoms with Gasteiger partial charge in [-0.1, -0.05) is 41.7 Å². The Bertz CT molecular complexity index is 1680. The summed E-state index contributed by atoms with van der Waals surface area (Å²) in [7, 11) is 1.31. The van der Waals surface area contributed by atoms with E-state index in [1.165, 1.54) is 23.0 Å². The van der Waals surface area contributed by atoms with Crippen molar-refractivity contribution >= 4 is 35.4 Å². The number of carbonyl (C=O) groups is 2. The first kappa shape index (κ1) is 25.4. The Kier molecular flexibility index (Phi) is 6.86. The van der Waals surface area contributed by atoms with E-state index in [-0.39, 0.29) is 23.8 Å². The van der Waals surface area contributed by atoms with Crippen molar-refractivity contribution in [3.63, 3.8) is 0 Å². The number of hydrogen-bond donors (Lipinski definition) is 0. The fourth-order valence-corrected chi connectivity index (χ4v) is 5.65. The van der Waals surface area contributed by atoms with Gasteiger partial charge in [0.1, 0.15) is 11.9 Å². The molecule has 2 aliphatic heterocycles. The first-order valence-electron chi connectivity index (χ1n) is 12.2. The molecule has 2 unspecified atom stereocenters. The van der Waals surface area contributed by atoms with Crippen molar-refractivity contribution in [2.45, 2.75) is 32.9 Å². The fraction of sp³-hybridized carbons (Fsp3) is 0.241. The van der Waals surface area contributed by atoms with Crippen molar-refractivity contribution in [3.8, 4) is 5.75 Å². The SMILES string of the molecule is CCOC(=O)C1=C(C)N=c2s/c(=C\C3=Cc4ccccc4OC3C)c(=O)n2C1c1ccc(C(=O)OC)cc1. The Balaban J connectivity index is 1.67. The van der Waals surface area contributed by atoms with E-state index < -0.39 is 18.0 Å². The summed E-state index contributed by atoms with van der Waals surface area (Å²) in [5.41, 5.74) is 3.27. The second kappa shape index (κ2) is 10.3. The fourth-order valence-electron chi connectivity index (χ4n) is 4.60. The number of allylic oxidation sites excluding steroid dienone is 1. The standard InChI is InChI=1S/C29H26N2O6S/c1-5-36-28(34)24-16(2)30-29-31(25(24)18-10-12-19(13-11-18)27(33)35-4)26(32)23(38-29)15-21-14-20-8-6-7-9-22(20)37-17(21)3/h6-15,17,25H,5H2,1-4H3/b23-15-. The molecule has 5 rings (SSSR count). The zero-order valence-corrected chi connectivity index (χ0v) is 22.2. The van der Waals surface area contributed by atoms with Crippen LogP contribution in [0.1, 0.15) is 48.3 Å².